The molecule has 6 atom stereocenters. The summed E-state index contributed by atoms with van der Waals surface area (Å²) in [5.41, 5.74) is 3.77. The van der Waals surface area contributed by atoms with E-state index in [4.69, 9.17) is 30.5 Å². The molecule has 1 spiro atoms. The number of carbonyl (C=O) groups excluding carboxylic acids is 1. The first-order valence-corrected chi connectivity index (χ1v) is 19.3. The Morgan fingerprint density at radius 1 is 1.14 bits per heavy atom. The number of rotatable bonds is 9. The lowest BCUT2D eigenvalue weighted by Gasteiger charge is -2.48. The van der Waals surface area contributed by atoms with Gasteiger partial charge in [-0.05, 0) is 105 Å². The number of hydrogen-bond acceptors (Lipinski definition) is 10. The Bertz CT molecular complexity index is 1780. The Balaban J connectivity index is 1.08. The van der Waals surface area contributed by atoms with Crippen LogP contribution in [0.15, 0.2) is 60.0 Å². The second-order valence-corrected chi connectivity index (χ2v) is 16.5. The summed E-state index contributed by atoms with van der Waals surface area (Å²) in [6.45, 7) is 4.48. The maximum absolute atomic E-state index is 12.9. The van der Waals surface area contributed by atoms with E-state index in [-0.39, 0.29) is 34.5 Å². The third kappa shape index (κ3) is 7.18. The fourth-order valence-electron chi connectivity index (χ4n) is 8.37. The number of carbonyl (C=O) groups is 1. The van der Waals surface area contributed by atoms with Crippen LogP contribution in [0.1, 0.15) is 66.9 Å². The number of halogens is 1. The molecule has 1 saturated heterocycles. The van der Waals surface area contributed by atoms with E-state index in [1.165, 1.54) is 30.6 Å². The molecule has 1 aromatic heterocycles. The number of sulfone groups is 1. The van der Waals surface area contributed by atoms with Crippen LogP contribution in [0.4, 0.5) is 5.69 Å². The summed E-state index contributed by atoms with van der Waals surface area (Å²) >= 11 is 6.44. The molecule has 2 aliphatic heterocycles. The second-order valence-electron chi connectivity index (χ2n) is 14.1. The number of methoxy groups -OCH3 is 1. The van der Waals surface area contributed by atoms with Crippen LogP contribution in [0.5, 0.6) is 5.75 Å². The first-order valence-electron chi connectivity index (χ1n) is 17.3. The van der Waals surface area contributed by atoms with Crippen LogP contribution in [0.25, 0.3) is 0 Å². The van der Waals surface area contributed by atoms with E-state index in [1.54, 1.807) is 19.1 Å². The number of hydrogen-bond donors (Lipinski definition) is 0. The lowest BCUT2D eigenvalue weighted by Crippen LogP contribution is -2.51. The van der Waals surface area contributed by atoms with Gasteiger partial charge in [0.05, 0.1) is 49.0 Å². The summed E-state index contributed by atoms with van der Waals surface area (Å²) in [5.74, 6) is 0.934. The Hall–Kier alpha value is -3.25. The van der Waals surface area contributed by atoms with Crippen molar-refractivity contribution in [3.63, 3.8) is 0 Å². The fourth-order valence-corrected chi connectivity index (χ4v) is 9.85. The predicted molar refractivity (Wildman–Crippen MR) is 185 cm³/mol. The van der Waals surface area contributed by atoms with Crippen LogP contribution in [0.2, 0.25) is 5.02 Å². The molecular weight excluding hydrogens is 666 g/mol. The van der Waals surface area contributed by atoms with Crippen LogP contribution >= 0.6 is 11.6 Å². The van der Waals surface area contributed by atoms with Gasteiger partial charge >= 0.3 is 5.97 Å². The van der Waals surface area contributed by atoms with Gasteiger partial charge in [-0.25, -0.2) is 23.2 Å². The summed E-state index contributed by atoms with van der Waals surface area (Å²) in [6, 6.07) is 13.4. The van der Waals surface area contributed by atoms with Gasteiger partial charge in [-0.1, -0.05) is 17.7 Å². The molecule has 2 aliphatic carbocycles. The van der Waals surface area contributed by atoms with E-state index >= 15 is 0 Å². The van der Waals surface area contributed by atoms with Gasteiger partial charge in [-0.3, -0.25) is 0 Å². The smallest absolute Gasteiger partial charge is 0.337 e. The van der Waals surface area contributed by atoms with E-state index in [0.29, 0.717) is 30.6 Å². The molecular formula is C37H44ClN3O7S. The number of nitrogens with zero attached hydrogens (tertiary/aromatic N) is 3. The minimum Gasteiger partial charge on any atom is -0.490 e. The van der Waals surface area contributed by atoms with Crippen molar-refractivity contribution in [3.8, 4) is 5.75 Å². The molecule has 2 aromatic carbocycles. The molecule has 2 fully saturated rings. The number of aryl methyl sites for hydroxylation is 1. The van der Waals surface area contributed by atoms with Gasteiger partial charge in [0.25, 0.3) is 0 Å². The van der Waals surface area contributed by atoms with Crippen molar-refractivity contribution in [2.45, 2.75) is 80.8 Å². The highest BCUT2D eigenvalue weighted by Crippen LogP contribution is 2.47. The molecule has 262 valence electrons. The quantitative estimate of drug-likeness (QED) is 0.198. The van der Waals surface area contributed by atoms with Crippen molar-refractivity contribution < 1.29 is 32.2 Å². The zero-order chi connectivity index (χ0) is 34.2. The van der Waals surface area contributed by atoms with Gasteiger partial charge < -0.3 is 23.8 Å². The molecule has 3 heterocycles. The van der Waals surface area contributed by atoms with E-state index < -0.39 is 15.9 Å². The van der Waals surface area contributed by atoms with Crippen molar-refractivity contribution in [1.29, 1.82) is 0 Å². The number of esters is 1. The molecule has 10 nitrogen and oxygen atoms in total. The number of ether oxygens (including phenoxy) is 4. The zero-order valence-electron chi connectivity index (χ0n) is 28.1. The van der Waals surface area contributed by atoms with Gasteiger partial charge in [-0.15, -0.1) is 0 Å². The zero-order valence-corrected chi connectivity index (χ0v) is 29.6. The van der Waals surface area contributed by atoms with E-state index in [2.05, 4.69) is 27.0 Å². The maximum Gasteiger partial charge on any atom is 0.337 e. The van der Waals surface area contributed by atoms with Gasteiger partial charge in [0.1, 0.15) is 5.75 Å². The Labute approximate surface area is 293 Å². The van der Waals surface area contributed by atoms with Crippen molar-refractivity contribution >= 4 is 33.1 Å². The van der Waals surface area contributed by atoms with E-state index in [1.807, 2.05) is 18.2 Å². The molecule has 0 bridgehead atoms. The molecule has 0 N–H and O–H groups in total. The molecule has 4 aliphatic rings. The third-order valence-electron chi connectivity index (χ3n) is 10.8. The molecule has 1 saturated carbocycles. The van der Waals surface area contributed by atoms with Gasteiger partial charge in [0.15, 0.2) is 0 Å². The molecule has 12 heteroatoms. The molecule has 0 amide bonds. The number of aromatic nitrogens is 2. The Kier molecular flexibility index (Phi) is 9.89. The van der Waals surface area contributed by atoms with Crippen LogP contribution < -0.4 is 9.64 Å². The van der Waals surface area contributed by atoms with Crippen LogP contribution in [-0.4, -0.2) is 81.8 Å². The van der Waals surface area contributed by atoms with Crippen molar-refractivity contribution in [2.75, 3.05) is 44.1 Å². The van der Waals surface area contributed by atoms with Crippen molar-refractivity contribution in [2.24, 2.45) is 11.8 Å². The monoisotopic (exact) mass is 709 g/mol. The van der Waals surface area contributed by atoms with Crippen molar-refractivity contribution in [3.05, 3.63) is 76.6 Å². The predicted octanol–water partition coefficient (Wildman–Crippen LogP) is 5.84. The topological polar surface area (TPSA) is 117 Å². The first kappa shape index (κ1) is 34.2. The minimum atomic E-state index is -3.66. The van der Waals surface area contributed by atoms with Crippen LogP contribution in [-0.2, 0) is 35.9 Å². The van der Waals surface area contributed by atoms with E-state index in [9.17, 15) is 13.2 Å². The Morgan fingerprint density at radius 3 is 2.76 bits per heavy atom. The lowest BCUT2D eigenvalue weighted by atomic mass is 9.67. The summed E-state index contributed by atoms with van der Waals surface area (Å²) in [7, 11) is -2.26. The fraction of sp³-hybridized carbons (Fsp3) is 0.541. The third-order valence-corrected chi connectivity index (χ3v) is 12.7. The average Bonchev–Trinajstić information content (AvgIpc) is 3.23. The number of benzene rings is 2. The maximum atomic E-state index is 12.9. The first-order chi connectivity index (χ1) is 23.6. The van der Waals surface area contributed by atoms with Gasteiger partial charge in [0, 0.05) is 48.9 Å². The Morgan fingerprint density at radius 2 is 1.98 bits per heavy atom. The summed E-state index contributed by atoms with van der Waals surface area (Å²) in [5, 5.41) is 0.579. The normalized spacial score (nSPS) is 27.2. The summed E-state index contributed by atoms with van der Waals surface area (Å²) in [6.07, 6.45) is 8.91. The highest BCUT2D eigenvalue weighted by Gasteiger charge is 2.45. The molecule has 3 aromatic rings. The molecule has 49 heavy (non-hydrogen) atoms. The molecule has 7 rings (SSSR count). The van der Waals surface area contributed by atoms with Gasteiger partial charge in [-0.2, -0.15) is 0 Å². The minimum absolute atomic E-state index is 0.0226. The average molecular weight is 710 g/mol. The largest absolute Gasteiger partial charge is 0.490 e. The highest BCUT2D eigenvalue weighted by molar-refractivity contribution is 7.91. The summed E-state index contributed by atoms with van der Waals surface area (Å²) in [4.78, 5) is 22.9. The lowest BCUT2D eigenvalue weighted by molar-refractivity contribution is -0.126. The van der Waals surface area contributed by atoms with Crippen LogP contribution in [0, 0.1) is 11.8 Å². The number of anilines is 1. The molecule has 0 radical (unpaired) electrons. The molecule has 0 unspecified atom stereocenters. The second kappa shape index (κ2) is 14.2. The SMILES string of the molecule is COC(=O)c1ccc2c(c1)N(C[C@@H]1CC[C@H]1[C@H]1C[C@H](O[C@@H](C)CS(=O)(=O)c3ncccn3)CCO1)C[C@@]1(CCCc3cc(Cl)ccc31)CO2. The van der Waals surface area contributed by atoms with Crippen LogP contribution in [0.3, 0.4) is 0 Å². The van der Waals surface area contributed by atoms with E-state index in [0.717, 1.165) is 74.5 Å². The number of fused-ring (bicyclic) bond motifs is 3. The highest BCUT2D eigenvalue weighted by atomic mass is 35.5. The standard InChI is InChI=1S/C37H44ClN3O7S/c1-24(21-49(43,44)36-39-14-4-15-40-36)48-29-12-16-46-34(19-29)30-9-6-27(30)20-41-22-37(13-3-5-25-17-28(38)8-10-31(25)37)23-47-33-11-7-26(18-32(33)41)35(42)45-2/h4,7-8,10-11,14-15,17-18,24,27,29-30,34H,3,5-6,9,12-13,16,19-23H2,1-2H3/t24-,27-,29+,30+,34+,37-/m0/s1. The van der Waals surface area contributed by atoms with Crippen molar-refractivity contribution in [1.82, 2.24) is 9.97 Å². The summed E-state index contributed by atoms with van der Waals surface area (Å²) < 4.78 is 50.1. The van der Waals surface area contributed by atoms with Gasteiger partial charge in [0.2, 0.25) is 15.0 Å².